The summed E-state index contributed by atoms with van der Waals surface area (Å²) in [7, 11) is 1.34. The maximum Gasteiger partial charge on any atom is 0.325 e. The molecule has 0 amide bonds. The van der Waals surface area contributed by atoms with Gasteiger partial charge in [-0.05, 0) is 25.7 Å². The van der Waals surface area contributed by atoms with Crippen molar-refractivity contribution in [1.29, 1.82) is 0 Å². The second kappa shape index (κ2) is 3.41. The Morgan fingerprint density at radius 2 is 2.08 bits per heavy atom. The van der Waals surface area contributed by atoms with E-state index in [1.807, 2.05) is 0 Å². The van der Waals surface area contributed by atoms with E-state index in [4.69, 9.17) is 5.73 Å². The summed E-state index contributed by atoms with van der Waals surface area (Å²) in [5.74, 6) is -0.366. The van der Waals surface area contributed by atoms with E-state index in [0.29, 0.717) is 25.7 Å². The molecule has 0 unspecified atom stereocenters. The van der Waals surface area contributed by atoms with Crippen LogP contribution in [0.2, 0.25) is 0 Å². The van der Waals surface area contributed by atoms with Crippen LogP contribution in [-0.2, 0) is 9.53 Å². The molecule has 1 saturated carbocycles. The summed E-state index contributed by atoms with van der Waals surface area (Å²) in [6, 6.07) is 0. The van der Waals surface area contributed by atoms with Crippen LogP contribution in [0.25, 0.3) is 0 Å². The Morgan fingerprint density at radius 1 is 1.58 bits per heavy atom. The number of esters is 1. The van der Waals surface area contributed by atoms with E-state index in [9.17, 15) is 9.90 Å². The molecule has 3 N–H and O–H groups in total. The molecule has 0 aromatic rings. The molecule has 0 atom stereocenters. The molecule has 0 aliphatic heterocycles. The minimum atomic E-state index is -0.853. The van der Waals surface area contributed by atoms with Gasteiger partial charge < -0.3 is 15.6 Å². The largest absolute Gasteiger partial charge is 0.468 e. The van der Waals surface area contributed by atoms with Gasteiger partial charge in [0.1, 0.15) is 5.54 Å². The van der Waals surface area contributed by atoms with Crippen LogP contribution in [0, 0.1) is 0 Å². The van der Waals surface area contributed by atoms with Gasteiger partial charge in [0, 0.05) is 0 Å². The molecule has 1 rings (SSSR count). The summed E-state index contributed by atoms with van der Waals surface area (Å²) in [6.07, 6.45) is 1.91. The van der Waals surface area contributed by atoms with Gasteiger partial charge in [0.25, 0.3) is 0 Å². The number of ether oxygens (including phenoxy) is 1. The molecule has 0 saturated heterocycles. The van der Waals surface area contributed by atoms with Gasteiger partial charge in [0.2, 0.25) is 0 Å². The van der Waals surface area contributed by atoms with E-state index in [1.54, 1.807) is 0 Å². The molecular weight excluding hydrogens is 158 g/mol. The van der Waals surface area contributed by atoms with Gasteiger partial charge in [0.05, 0.1) is 13.2 Å². The molecule has 4 heteroatoms. The number of aliphatic hydroxyl groups excluding tert-OH is 1. The lowest BCUT2D eigenvalue weighted by atomic mass is 9.81. The van der Waals surface area contributed by atoms with Crippen molar-refractivity contribution < 1.29 is 14.6 Å². The maximum atomic E-state index is 11.2. The summed E-state index contributed by atoms with van der Waals surface area (Å²) in [6.45, 7) is 0. The van der Waals surface area contributed by atoms with Crippen LogP contribution in [0.5, 0.6) is 0 Å². The zero-order valence-electron chi connectivity index (χ0n) is 7.25. The van der Waals surface area contributed by atoms with Gasteiger partial charge in [-0.25, -0.2) is 0 Å². The summed E-state index contributed by atoms with van der Waals surface area (Å²) >= 11 is 0. The number of carbonyl (C=O) groups is 1. The van der Waals surface area contributed by atoms with E-state index in [1.165, 1.54) is 7.11 Å². The van der Waals surface area contributed by atoms with E-state index in [-0.39, 0.29) is 12.1 Å². The number of carbonyl (C=O) groups excluding carboxylic acids is 1. The third-order valence-corrected chi connectivity index (χ3v) is 2.44. The van der Waals surface area contributed by atoms with Gasteiger partial charge in [-0.15, -0.1) is 0 Å². The molecule has 0 heterocycles. The molecular formula is C8H15NO3. The van der Waals surface area contributed by atoms with Crippen LogP contribution >= 0.6 is 0 Å². The van der Waals surface area contributed by atoms with Crippen molar-refractivity contribution in [1.82, 2.24) is 0 Å². The van der Waals surface area contributed by atoms with Crippen molar-refractivity contribution in [3.05, 3.63) is 0 Å². The topological polar surface area (TPSA) is 72.5 Å². The number of rotatable bonds is 1. The van der Waals surface area contributed by atoms with Crippen molar-refractivity contribution in [2.24, 2.45) is 5.73 Å². The monoisotopic (exact) mass is 173 g/mol. The van der Waals surface area contributed by atoms with Crippen LogP contribution in [0.15, 0.2) is 0 Å². The van der Waals surface area contributed by atoms with Crippen molar-refractivity contribution in [3.8, 4) is 0 Å². The molecule has 1 fully saturated rings. The minimum Gasteiger partial charge on any atom is -0.468 e. The van der Waals surface area contributed by atoms with E-state index < -0.39 is 5.54 Å². The van der Waals surface area contributed by atoms with Gasteiger partial charge in [0.15, 0.2) is 0 Å². The fourth-order valence-electron chi connectivity index (χ4n) is 1.53. The van der Waals surface area contributed by atoms with Gasteiger partial charge in [-0.2, -0.15) is 0 Å². The molecule has 1 aliphatic rings. The summed E-state index contributed by atoms with van der Waals surface area (Å²) in [5.41, 5.74) is 4.94. The van der Waals surface area contributed by atoms with E-state index in [2.05, 4.69) is 4.74 Å². The molecule has 0 aromatic heterocycles. The highest BCUT2D eigenvalue weighted by molar-refractivity contribution is 5.80. The smallest absolute Gasteiger partial charge is 0.325 e. The highest BCUT2D eigenvalue weighted by Crippen LogP contribution is 2.27. The molecule has 4 nitrogen and oxygen atoms in total. The van der Waals surface area contributed by atoms with Crippen LogP contribution in [0.1, 0.15) is 25.7 Å². The fourth-order valence-corrected chi connectivity index (χ4v) is 1.53. The van der Waals surface area contributed by atoms with Crippen LogP contribution < -0.4 is 5.73 Å². The first-order valence-electron chi connectivity index (χ1n) is 4.14. The lowest BCUT2D eigenvalue weighted by Gasteiger charge is -2.32. The average Bonchev–Trinajstić information content (AvgIpc) is 2.09. The SMILES string of the molecule is COC(=O)C1(N)CCC(O)CC1. The Morgan fingerprint density at radius 3 is 2.50 bits per heavy atom. The Bertz CT molecular complexity index is 173. The molecule has 70 valence electrons. The van der Waals surface area contributed by atoms with Crippen molar-refractivity contribution in [3.63, 3.8) is 0 Å². The number of methoxy groups -OCH3 is 1. The third-order valence-electron chi connectivity index (χ3n) is 2.44. The van der Waals surface area contributed by atoms with Crippen molar-refractivity contribution in [2.75, 3.05) is 7.11 Å². The molecule has 1 aliphatic carbocycles. The van der Waals surface area contributed by atoms with Gasteiger partial charge in [-0.3, -0.25) is 4.79 Å². The van der Waals surface area contributed by atoms with Crippen LogP contribution in [-0.4, -0.2) is 29.8 Å². The first-order valence-corrected chi connectivity index (χ1v) is 4.14. The Balaban J connectivity index is 2.55. The Labute approximate surface area is 71.7 Å². The lowest BCUT2D eigenvalue weighted by Crippen LogP contribution is -2.51. The predicted molar refractivity (Wildman–Crippen MR) is 43.4 cm³/mol. The summed E-state index contributed by atoms with van der Waals surface area (Å²) in [5, 5.41) is 9.19. The highest BCUT2D eigenvalue weighted by atomic mass is 16.5. The standard InChI is InChI=1S/C8H15NO3/c1-12-7(11)8(9)4-2-6(10)3-5-8/h6,10H,2-5,9H2,1H3. The van der Waals surface area contributed by atoms with Crippen molar-refractivity contribution in [2.45, 2.75) is 37.3 Å². The van der Waals surface area contributed by atoms with Gasteiger partial charge in [-0.1, -0.05) is 0 Å². The molecule has 0 bridgehead atoms. The first-order chi connectivity index (χ1) is 5.58. The fraction of sp³-hybridized carbons (Fsp3) is 0.875. The summed E-state index contributed by atoms with van der Waals surface area (Å²) < 4.78 is 4.58. The maximum absolute atomic E-state index is 11.2. The predicted octanol–water partition coefficient (Wildman–Crippen LogP) is -0.208. The number of hydrogen-bond donors (Lipinski definition) is 2. The van der Waals surface area contributed by atoms with Crippen molar-refractivity contribution >= 4 is 5.97 Å². The van der Waals surface area contributed by atoms with E-state index in [0.717, 1.165) is 0 Å². The van der Waals surface area contributed by atoms with Crippen LogP contribution in [0.3, 0.4) is 0 Å². The number of nitrogens with two attached hydrogens (primary N) is 1. The Kier molecular flexibility index (Phi) is 2.69. The quantitative estimate of drug-likeness (QED) is 0.538. The molecule has 0 aromatic carbocycles. The summed E-state index contributed by atoms with van der Waals surface area (Å²) in [4.78, 5) is 11.2. The molecule has 0 radical (unpaired) electrons. The molecule has 12 heavy (non-hydrogen) atoms. The van der Waals surface area contributed by atoms with Gasteiger partial charge >= 0.3 is 5.97 Å². The highest BCUT2D eigenvalue weighted by Gasteiger charge is 2.38. The third kappa shape index (κ3) is 1.76. The second-order valence-corrected chi connectivity index (χ2v) is 3.38. The second-order valence-electron chi connectivity index (χ2n) is 3.38. The minimum absolute atomic E-state index is 0.300. The molecule has 0 spiro atoms. The lowest BCUT2D eigenvalue weighted by molar-refractivity contribution is -0.149. The first kappa shape index (κ1) is 9.48. The number of hydrogen-bond acceptors (Lipinski definition) is 4. The number of aliphatic hydroxyl groups is 1. The zero-order chi connectivity index (χ0) is 9.19. The average molecular weight is 173 g/mol. The normalized spacial score (nSPS) is 36.1. The van der Waals surface area contributed by atoms with E-state index >= 15 is 0 Å². The Hall–Kier alpha value is -0.610. The zero-order valence-corrected chi connectivity index (χ0v) is 7.25. The van der Waals surface area contributed by atoms with Crippen LogP contribution in [0.4, 0.5) is 0 Å².